The van der Waals surface area contributed by atoms with Crippen LogP contribution < -0.4 is 180 Å². The first kappa shape index (κ1) is 73.1. The molecule has 0 amide bonds. The summed E-state index contributed by atoms with van der Waals surface area (Å²) >= 11 is 0. The van der Waals surface area contributed by atoms with Crippen molar-refractivity contribution in [1.29, 1.82) is 0 Å². The Morgan fingerprint density at radius 2 is 0.171 bits per heavy atom. The first-order valence-corrected chi connectivity index (χ1v) is 7.07. The Bertz CT molecular complexity index is 225. The molecule has 0 aromatic heterocycles. The predicted octanol–water partition coefficient (Wildman–Crippen LogP) is -41.2. The van der Waals surface area contributed by atoms with Crippen LogP contribution in [0, 0.1) is 0 Å². The van der Waals surface area contributed by atoms with Crippen molar-refractivity contribution in [2.24, 2.45) is 0 Å². The van der Waals surface area contributed by atoms with Gasteiger partial charge in [0.1, 0.15) is 0 Å². The van der Waals surface area contributed by atoms with Gasteiger partial charge < -0.3 is 152 Å². The van der Waals surface area contributed by atoms with Crippen molar-refractivity contribution < 1.29 is 196 Å². The van der Waals surface area contributed by atoms with Crippen LogP contribution in [-0.4, -0.2) is 73.2 Å². The van der Waals surface area contributed by atoms with Crippen molar-refractivity contribution in [3.8, 4) is 0 Å². The molecular formula is H11B10NaO30-20. The van der Waals surface area contributed by atoms with E-state index in [1.807, 2.05) is 0 Å². The normalized spacial score (nSPS) is 6.59. The largest absolute Gasteiger partial charge is 1.00 e. The van der Waals surface area contributed by atoms with Crippen LogP contribution in [0.4, 0.5) is 0 Å². The summed E-state index contributed by atoms with van der Waals surface area (Å²) in [5.41, 5.74) is 0. The van der Waals surface area contributed by atoms with E-state index in [-0.39, 0.29) is 45.3 Å². The Hall–Kier alpha value is 0.449. The van der Waals surface area contributed by atoms with Gasteiger partial charge in [-0.05, 0) is 0 Å². The Morgan fingerprint density at radius 3 is 0.171 bits per heavy atom. The average Bonchev–Trinajstić information content (AvgIpc) is 2.47. The van der Waals surface area contributed by atoms with Gasteiger partial charge in [0.2, 0.25) is 0 Å². The second kappa shape index (κ2) is 67.9. The third-order valence-electron chi connectivity index (χ3n) is 0. The van der Waals surface area contributed by atoms with E-state index in [2.05, 4.69) is 0 Å². The van der Waals surface area contributed by atoms with Crippen molar-refractivity contribution in [3.05, 3.63) is 0 Å². The van der Waals surface area contributed by atoms with E-state index in [0.717, 1.165) is 0 Å². The van der Waals surface area contributed by atoms with E-state index in [0.29, 0.717) is 0 Å². The fourth-order valence-electron chi connectivity index (χ4n) is 0. The summed E-state index contributed by atoms with van der Waals surface area (Å²) in [5, 5.41) is 252. The van der Waals surface area contributed by atoms with Crippen LogP contribution in [0.2, 0.25) is 0 Å². The van der Waals surface area contributed by atoms with Crippen molar-refractivity contribution in [3.63, 3.8) is 0 Å². The zero-order valence-electron chi connectivity index (χ0n) is 30.0. The topological polar surface area (TPSA) is 692 Å². The van der Waals surface area contributed by atoms with Gasteiger partial charge in [0.25, 0.3) is 0 Å². The van der Waals surface area contributed by atoms with E-state index < -0.39 is 73.2 Å². The average molecular weight is 622 g/mol. The van der Waals surface area contributed by atoms with Crippen molar-refractivity contribution in [1.82, 2.24) is 0 Å². The standard InChI is InChI=1S/10BO3.Na.H/c10*2-1(3)4;;/q10*-3;+1;-1/p+10. The molecular weight excluding hydrogens is 611 g/mol. The van der Waals surface area contributed by atoms with E-state index >= 15 is 0 Å². The Kier molecular flexibility index (Phi) is 121. The fourth-order valence-corrected chi connectivity index (χ4v) is 0. The van der Waals surface area contributed by atoms with E-state index in [4.69, 9.17) is 151 Å². The van der Waals surface area contributed by atoms with Gasteiger partial charge in [0.05, 0.1) is 0 Å². The molecule has 0 fully saturated rings. The van der Waals surface area contributed by atoms with Gasteiger partial charge >= 0.3 is 43.8 Å². The summed E-state index contributed by atoms with van der Waals surface area (Å²) in [6.07, 6.45) is 0. The summed E-state index contributed by atoms with van der Waals surface area (Å²) in [6.45, 7) is 0. The molecule has 0 aliphatic rings. The van der Waals surface area contributed by atoms with Crippen LogP contribution in [0.3, 0.4) is 0 Å². The van der Waals surface area contributed by atoms with Crippen LogP contribution in [-0.2, 0) is 0 Å². The fraction of sp³-hybridized carbons (Fsp3) is 0. The minimum Gasteiger partial charge on any atom is -1.00 e. The molecule has 0 unspecified atom stereocenters. The van der Waals surface area contributed by atoms with Gasteiger partial charge in [-0.3, -0.25) is 73.2 Å². The van der Waals surface area contributed by atoms with Crippen molar-refractivity contribution in [2.75, 3.05) is 0 Å². The van der Waals surface area contributed by atoms with Gasteiger partial charge in [-0.25, -0.2) is 0 Å². The Labute approximate surface area is 269 Å². The molecule has 41 heteroatoms. The molecule has 242 valence electrons. The molecule has 0 saturated heterocycles. The Balaban J connectivity index is -0.00000000937. The number of hydrogen-bond donors (Lipinski definition) is 0. The molecule has 0 bridgehead atoms. The molecule has 0 saturated carbocycles. The zero-order chi connectivity index (χ0) is 35.8. The molecule has 0 radical (unpaired) electrons. The quantitative estimate of drug-likeness (QED) is 0.226. The second-order valence-corrected chi connectivity index (χ2v) is 2.89. The third-order valence-corrected chi connectivity index (χ3v) is 0. The minimum absolute atomic E-state index is 0. The maximum atomic E-state index is 8.42. The molecule has 0 N–H and O–H groups in total. The minimum atomic E-state index is -2.92. The first-order valence-electron chi connectivity index (χ1n) is 7.07. The summed E-state index contributed by atoms with van der Waals surface area (Å²) in [7, 11) is -29.2. The molecule has 0 aromatic rings. The summed E-state index contributed by atoms with van der Waals surface area (Å²) < 4.78 is 0. The van der Waals surface area contributed by atoms with Crippen LogP contribution in [0.25, 0.3) is 0 Å². The maximum absolute atomic E-state index is 8.42. The van der Waals surface area contributed by atoms with Gasteiger partial charge in [-0.2, -0.15) is 0 Å². The van der Waals surface area contributed by atoms with Crippen molar-refractivity contribution >= 4 is 73.2 Å². The third kappa shape index (κ3) is 296000. The zero-order valence-corrected chi connectivity index (χ0v) is 21.0. The van der Waals surface area contributed by atoms with Gasteiger partial charge in [-0.15, -0.1) is 0 Å². The Morgan fingerprint density at radius 1 is 0.171 bits per heavy atom. The molecule has 41 heavy (non-hydrogen) atoms. The molecule has 0 aromatic carbocycles. The number of rotatable bonds is 0. The van der Waals surface area contributed by atoms with Crippen LogP contribution in [0.15, 0.2) is 0 Å². The smallest absolute Gasteiger partial charge is 1.00 e. The van der Waals surface area contributed by atoms with E-state index in [9.17, 15) is 0 Å². The molecule has 0 aliphatic carbocycles. The molecule has 0 heterocycles. The molecule has 0 atom stereocenters. The summed E-state index contributed by atoms with van der Waals surface area (Å²) in [5.74, 6) is 0. The second-order valence-electron chi connectivity index (χ2n) is 2.89. The monoisotopic (exact) mass is 624 g/mol. The predicted molar refractivity (Wildman–Crippen MR) is 69.8 cm³/mol. The summed E-state index contributed by atoms with van der Waals surface area (Å²) in [6, 6.07) is 0. The molecule has 0 spiro atoms. The van der Waals surface area contributed by atoms with Crippen LogP contribution in [0.5, 0.6) is 0 Å². The van der Waals surface area contributed by atoms with Gasteiger partial charge in [-0.1, -0.05) is 0 Å². The molecule has 0 aliphatic heterocycles. The maximum Gasteiger partial charge on any atom is 1.00 e. The SMILES string of the molecule is [H+].[H+].[H+].[H+].[H+].[H+].[H+].[H+].[H+].[H+].[H-].[Na+].[O-]B([O-])[O-].[O-]B([O-])[O-].[O-]B([O-])[O-].[O-]B([O-])[O-].[O-]B([O-])[O-].[O-]B([O-])[O-].[O-]B([O-])[O-].[O-]B([O-])[O-].[O-]B([O-])[O-].[O-]B([O-])[O-]. The molecule has 30 nitrogen and oxygen atoms in total. The number of hydrogen-bond acceptors (Lipinski definition) is 30. The van der Waals surface area contributed by atoms with Crippen molar-refractivity contribution in [2.45, 2.75) is 0 Å². The van der Waals surface area contributed by atoms with Crippen LogP contribution in [0.1, 0.15) is 15.7 Å². The molecule has 0 rings (SSSR count). The van der Waals surface area contributed by atoms with Gasteiger partial charge in [0.15, 0.2) is 0 Å². The van der Waals surface area contributed by atoms with E-state index in [1.165, 1.54) is 0 Å². The van der Waals surface area contributed by atoms with Crippen LogP contribution >= 0.6 is 0 Å². The first-order chi connectivity index (χ1) is 17.3. The summed E-state index contributed by atoms with van der Waals surface area (Å²) in [4.78, 5) is 0. The van der Waals surface area contributed by atoms with Gasteiger partial charge in [0, 0.05) is 0 Å². The van der Waals surface area contributed by atoms with E-state index in [1.54, 1.807) is 0 Å².